The van der Waals surface area contributed by atoms with Gasteiger partial charge >= 0.3 is 0 Å². The van der Waals surface area contributed by atoms with Crippen molar-refractivity contribution in [1.29, 1.82) is 0 Å². The van der Waals surface area contributed by atoms with E-state index in [0.29, 0.717) is 0 Å². The normalized spacial score (nSPS) is 17.7. The lowest BCUT2D eigenvalue weighted by molar-refractivity contribution is 1.12. The molecule has 2 N–H and O–H groups in total. The molecule has 1 heterocycles. The van der Waals surface area contributed by atoms with Gasteiger partial charge in [-0.3, -0.25) is 0 Å². The zero-order valence-corrected chi connectivity index (χ0v) is 6.74. The molecule has 1 aliphatic rings. The van der Waals surface area contributed by atoms with Crippen molar-refractivity contribution in [3.63, 3.8) is 0 Å². The predicted octanol–water partition coefficient (Wildman–Crippen LogP) is 1.91. The fourth-order valence-corrected chi connectivity index (χ4v) is 1.97. The number of rotatable bonds is 1. The summed E-state index contributed by atoms with van der Waals surface area (Å²) in [6.45, 7) is 2.10. The number of hydrogen-bond acceptors (Lipinski definition) is 3. The summed E-state index contributed by atoms with van der Waals surface area (Å²) in [5.41, 5.74) is 7.01. The highest BCUT2D eigenvalue weighted by Crippen LogP contribution is 2.44. The molecule has 0 spiro atoms. The maximum Gasteiger partial charge on any atom is 0.140 e. The van der Waals surface area contributed by atoms with E-state index in [1.807, 2.05) is 0 Å². The fraction of sp³-hybridized carbons (Fsp3) is 0.571. The van der Waals surface area contributed by atoms with E-state index >= 15 is 0 Å². The van der Waals surface area contributed by atoms with Gasteiger partial charge in [0, 0.05) is 10.4 Å². The van der Waals surface area contributed by atoms with Crippen molar-refractivity contribution in [1.82, 2.24) is 4.37 Å². The smallest absolute Gasteiger partial charge is 0.140 e. The van der Waals surface area contributed by atoms with Crippen LogP contribution in [0.2, 0.25) is 0 Å². The molecule has 1 aromatic heterocycles. The van der Waals surface area contributed by atoms with Crippen LogP contribution in [0.1, 0.15) is 29.2 Å². The molecule has 0 atom stereocenters. The SMILES string of the molecule is Cc1snc(N)c1C1CC1. The van der Waals surface area contributed by atoms with Crippen LogP contribution in [0.4, 0.5) is 5.82 Å². The molecule has 1 saturated carbocycles. The highest BCUT2D eigenvalue weighted by atomic mass is 32.1. The Labute approximate surface area is 64.2 Å². The Morgan fingerprint density at radius 1 is 1.60 bits per heavy atom. The summed E-state index contributed by atoms with van der Waals surface area (Å²) < 4.78 is 4.10. The zero-order valence-electron chi connectivity index (χ0n) is 5.92. The number of aromatic nitrogens is 1. The second-order valence-electron chi connectivity index (χ2n) is 2.81. The van der Waals surface area contributed by atoms with Crippen molar-refractivity contribution in [2.24, 2.45) is 0 Å². The van der Waals surface area contributed by atoms with E-state index < -0.39 is 0 Å². The summed E-state index contributed by atoms with van der Waals surface area (Å²) in [7, 11) is 0. The van der Waals surface area contributed by atoms with Crippen molar-refractivity contribution >= 4 is 17.4 Å². The first-order chi connectivity index (χ1) is 4.79. The first kappa shape index (κ1) is 6.16. The van der Waals surface area contributed by atoms with Crippen molar-refractivity contribution in [3.8, 4) is 0 Å². The number of aryl methyl sites for hydroxylation is 1. The van der Waals surface area contributed by atoms with Crippen molar-refractivity contribution in [2.75, 3.05) is 5.73 Å². The monoisotopic (exact) mass is 154 g/mol. The number of hydrogen-bond donors (Lipinski definition) is 1. The van der Waals surface area contributed by atoms with E-state index in [9.17, 15) is 0 Å². The van der Waals surface area contributed by atoms with Crippen LogP contribution in [0.15, 0.2) is 0 Å². The van der Waals surface area contributed by atoms with Crippen LogP contribution in [0.3, 0.4) is 0 Å². The molecule has 1 aliphatic carbocycles. The number of nitrogen functional groups attached to an aromatic ring is 1. The van der Waals surface area contributed by atoms with Gasteiger partial charge in [-0.15, -0.1) is 0 Å². The number of nitrogens with two attached hydrogens (primary N) is 1. The van der Waals surface area contributed by atoms with Crippen LogP contribution in [-0.2, 0) is 0 Å². The van der Waals surface area contributed by atoms with Gasteiger partial charge in [0.25, 0.3) is 0 Å². The molecule has 54 valence electrons. The number of anilines is 1. The highest BCUT2D eigenvalue weighted by molar-refractivity contribution is 7.06. The van der Waals surface area contributed by atoms with Crippen molar-refractivity contribution in [2.45, 2.75) is 25.7 Å². The third kappa shape index (κ3) is 0.814. The molecule has 1 fully saturated rings. The second kappa shape index (κ2) is 1.95. The lowest BCUT2D eigenvalue weighted by atomic mass is 10.2. The van der Waals surface area contributed by atoms with Crippen molar-refractivity contribution in [3.05, 3.63) is 10.4 Å². The average Bonchev–Trinajstić information content (AvgIpc) is 2.64. The first-order valence-electron chi connectivity index (χ1n) is 3.50. The Morgan fingerprint density at radius 2 is 2.30 bits per heavy atom. The third-order valence-corrected chi connectivity index (χ3v) is 2.70. The van der Waals surface area contributed by atoms with E-state index in [1.165, 1.54) is 34.8 Å². The minimum absolute atomic E-state index is 0.749. The van der Waals surface area contributed by atoms with E-state index in [2.05, 4.69) is 11.3 Å². The molecule has 0 aromatic carbocycles. The molecule has 1 aromatic rings. The van der Waals surface area contributed by atoms with E-state index in [-0.39, 0.29) is 0 Å². The molecular formula is C7H10N2S. The molecule has 0 aliphatic heterocycles. The van der Waals surface area contributed by atoms with Crippen LogP contribution in [0.25, 0.3) is 0 Å². The lowest BCUT2D eigenvalue weighted by Gasteiger charge is -1.93. The van der Waals surface area contributed by atoms with E-state index in [1.54, 1.807) is 0 Å². The Bertz CT molecular complexity index is 231. The third-order valence-electron chi connectivity index (χ3n) is 1.92. The van der Waals surface area contributed by atoms with Gasteiger partial charge in [0.1, 0.15) is 5.82 Å². The Kier molecular flexibility index (Phi) is 1.20. The largest absolute Gasteiger partial charge is 0.383 e. The molecule has 3 heteroatoms. The van der Waals surface area contributed by atoms with Gasteiger partial charge in [-0.2, -0.15) is 4.37 Å². The molecule has 2 nitrogen and oxygen atoms in total. The van der Waals surface area contributed by atoms with Gasteiger partial charge in [-0.1, -0.05) is 0 Å². The molecule has 0 amide bonds. The number of nitrogens with zero attached hydrogens (tertiary/aromatic N) is 1. The van der Waals surface area contributed by atoms with Gasteiger partial charge in [-0.25, -0.2) is 0 Å². The summed E-state index contributed by atoms with van der Waals surface area (Å²) in [6, 6.07) is 0. The average molecular weight is 154 g/mol. The van der Waals surface area contributed by atoms with Crippen LogP contribution >= 0.6 is 11.5 Å². The minimum Gasteiger partial charge on any atom is -0.383 e. The Morgan fingerprint density at radius 3 is 2.70 bits per heavy atom. The molecule has 0 unspecified atom stereocenters. The summed E-state index contributed by atoms with van der Waals surface area (Å²) in [5, 5.41) is 0. The Hall–Kier alpha value is -0.570. The van der Waals surface area contributed by atoms with E-state index in [4.69, 9.17) is 5.73 Å². The maximum absolute atomic E-state index is 5.68. The second-order valence-corrected chi connectivity index (χ2v) is 3.79. The molecule has 10 heavy (non-hydrogen) atoms. The van der Waals surface area contributed by atoms with Crippen LogP contribution in [0, 0.1) is 6.92 Å². The van der Waals surface area contributed by atoms with Gasteiger partial charge in [0.2, 0.25) is 0 Å². The molecule has 2 rings (SSSR count). The topological polar surface area (TPSA) is 38.9 Å². The predicted molar refractivity (Wildman–Crippen MR) is 43.2 cm³/mol. The van der Waals surface area contributed by atoms with Gasteiger partial charge < -0.3 is 5.73 Å². The first-order valence-corrected chi connectivity index (χ1v) is 4.28. The van der Waals surface area contributed by atoms with Crippen LogP contribution < -0.4 is 5.73 Å². The highest BCUT2D eigenvalue weighted by Gasteiger charge is 2.28. The van der Waals surface area contributed by atoms with Gasteiger partial charge in [0.05, 0.1) is 0 Å². The zero-order chi connectivity index (χ0) is 7.14. The summed E-state index contributed by atoms with van der Waals surface area (Å²) >= 11 is 1.52. The molecule has 0 radical (unpaired) electrons. The van der Waals surface area contributed by atoms with E-state index in [0.717, 1.165) is 11.7 Å². The minimum atomic E-state index is 0.749. The molecular weight excluding hydrogens is 144 g/mol. The van der Waals surface area contributed by atoms with Crippen molar-refractivity contribution < 1.29 is 0 Å². The standard InChI is InChI=1S/C7H10N2S/c1-4-6(5-2-3-5)7(8)9-10-4/h5H,2-3H2,1H3,(H2,8,9). The molecule has 0 saturated heterocycles. The summed E-state index contributed by atoms with van der Waals surface area (Å²) in [4.78, 5) is 1.31. The lowest BCUT2D eigenvalue weighted by Crippen LogP contribution is -1.89. The molecule has 0 bridgehead atoms. The van der Waals surface area contributed by atoms with Crippen LogP contribution in [-0.4, -0.2) is 4.37 Å². The quantitative estimate of drug-likeness (QED) is 0.671. The summed E-state index contributed by atoms with van der Waals surface area (Å²) in [6.07, 6.45) is 2.62. The van der Waals surface area contributed by atoms with Gasteiger partial charge in [-0.05, 0) is 37.2 Å². The maximum atomic E-state index is 5.68. The van der Waals surface area contributed by atoms with Crippen LogP contribution in [0.5, 0.6) is 0 Å². The fourth-order valence-electron chi connectivity index (χ4n) is 1.26. The summed E-state index contributed by atoms with van der Waals surface area (Å²) in [5.74, 6) is 1.52. The Balaban J connectivity index is 2.44. The van der Waals surface area contributed by atoms with Gasteiger partial charge in [0.15, 0.2) is 0 Å².